The Balaban J connectivity index is 2.09. The van der Waals surface area contributed by atoms with Crippen LogP contribution in [0.25, 0.3) is 0 Å². The summed E-state index contributed by atoms with van der Waals surface area (Å²) in [5, 5.41) is 4.29. The van der Waals surface area contributed by atoms with Gasteiger partial charge in [0.05, 0.1) is 5.69 Å². The zero-order valence-electron chi connectivity index (χ0n) is 12.6. The molecule has 0 saturated heterocycles. The number of rotatable bonds is 6. The number of nitrogens with zero attached hydrogens (tertiary/aromatic N) is 1. The summed E-state index contributed by atoms with van der Waals surface area (Å²) in [6.45, 7) is 9.33. The van der Waals surface area contributed by atoms with Gasteiger partial charge in [-0.05, 0) is 38.4 Å². The molecule has 3 nitrogen and oxygen atoms in total. The highest BCUT2D eigenvalue weighted by Crippen LogP contribution is 2.26. The van der Waals surface area contributed by atoms with Gasteiger partial charge in [-0.3, -0.25) is 0 Å². The Morgan fingerprint density at radius 3 is 2.70 bits per heavy atom. The zero-order chi connectivity index (χ0) is 14.5. The molecule has 1 atom stereocenters. The van der Waals surface area contributed by atoms with E-state index in [-0.39, 0.29) is 0 Å². The van der Waals surface area contributed by atoms with E-state index in [1.54, 1.807) is 18.0 Å². The summed E-state index contributed by atoms with van der Waals surface area (Å²) in [4.78, 5) is 4.34. The molecule has 0 aliphatic rings. The average Bonchev–Trinajstić information content (AvgIpc) is 2.81. The highest BCUT2D eigenvalue weighted by atomic mass is 32.2. The van der Waals surface area contributed by atoms with Gasteiger partial charge in [0.15, 0.2) is 0 Å². The Hall–Kier alpha value is -1.26. The number of thioether (sulfide) groups is 1. The van der Waals surface area contributed by atoms with E-state index >= 15 is 0 Å². The minimum atomic E-state index is 0.317. The van der Waals surface area contributed by atoms with Gasteiger partial charge in [-0.2, -0.15) is 0 Å². The van der Waals surface area contributed by atoms with Crippen molar-refractivity contribution < 1.29 is 4.42 Å². The lowest BCUT2D eigenvalue weighted by molar-refractivity contribution is 0.453. The number of nitrogens with one attached hydrogen (secondary N) is 1. The van der Waals surface area contributed by atoms with Crippen molar-refractivity contribution in [2.75, 3.05) is 12.3 Å². The molecule has 0 aliphatic heterocycles. The van der Waals surface area contributed by atoms with Crippen molar-refractivity contribution in [3.63, 3.8) is 0 Å². The van der Waals surface area contributed by atoms with Gasteiger partial charge in [0.25, 0.3) is 5.22 Å². The molecule has 2 aromatic rings. The van der Waals surface area contributed by atoms with E-state index in [1.165, 1.54) is 16.7 Å². The van der Waals surface area contributed by atoms with Crippen molar-refractivity contribution in [3.8, 4) is 0 Å². The summed E-state index contributed by atoms with van der Waals surface area (Å²) in [6.07, 6.45) is 1.70. The number of aromatic nitrogens is 1. The van der Waals surface area contributed by atoms with Crippen LogP contribution in [0.4, 0.5) is 0 Å². The number of aryl methyl sites for hydroxylation is 3. The smallest absolute Gasteiger partial charge is 0.255 e. The molecule has 2 rings (SSSR count). The van der Waals surface area contributed by atoms with Crippen LogP contribution in [-0.4, -0.2) is 17.3 Å². The van der Waals surface area contributed by atoms with Crippen LogP contribution in [0, 0.1) is 20.8 Å². The predicted molar refractivity (Wildman–Crippen MR) is 84.3 cm³/mol. The summed E-state index contributed by atoms with van der Waals surface area (Å²) >= 11 is 1.66. The topological polar surface area (TPSA) is 38.1 Å². The second-order valence-corrected chi connectivity index (χ2v) is 6.01. The molecule has 1 heterocycles. The molecule has 108 valence electrons. The minimum absolute atomic E-state index is 0.317. The monoisotopic (exact) mass is 290 g/mol. The predicted octanol–water partition coefficient (Wildman–Crippen LogP) is 4.04. The molecule has 0 saturated carbocycles. The number of hydrogen-bond donors (Lipinski definition) is 1. The molecular weight excluding hydrogens is 268 g/mol. The average molecular weight is 290 g/mol. The first kappa shape index (κ1) is 15.1. The lowest BCUT2D eigenvalue weighted by atomic mass is 10.0. The maximum absolute atomic E-state index is 5.40. The molecule has 0 spiro atoms. The van der Waals surface area contributed by atoms with E-state index in [9.17, 15) is 0 Å². The molecule has 20 heavy (non-hydrogen) atoms. The summed E-state index contributed by atoms with van der Waals surface area (Å²) in [5.41, 5.74) is 4.92. The molecule has 1 unspecified atom stereocenters. The first-order valence-corrected chi connectivity index (χ1v) is 7.94. The van der Waals surface area contributed by atoms with Crippen LogP contribution < -0.4 is 5.32 Å². The summed E-state index contributed by atoms with van der Waals surface area (Å²) in [6, 6.07) is 6.95. The van der Waals surface area contributed by atoms with Gasteiger partial charge >= 0.3 is 0 Å². The van der Waals surface area contributed by atoms with E-state index in [0.29, 0.717) is 6.04 Å². The first-order valence-electron chi connectivity index (χ1n) is 6.95. The van der Waals surface area contributed by atoms with E-state index in [0.717, 1.165) is 23.2 Å². The van der Waals surface area contributed by atoms with Crippen molar-refractivity contribution in [1.29, 1.82) is 0 Å². The Kier molecular flexibility index (Phi) is 5.26. The standard InChI is InChI=1S/C16H22N2OS/c1-5-17-15(10-20-16-18-13(4)9-19-16)14-7-6-11(2)8-12(14)3/h6-9,15,17H,5,10H2,1-4H3. The normalized spacial score (nSPS) is 12.6. The molecule has 1 N–H and O–H groups in total. The molecule has 4 heteroatoms. The summed E-state index contributed by atoms with van der Waals surface area (Å²) in [7, 11) is 0. The molecular formula is C16H22N2OS. The minimum Gasteiger partial charge on any atom is -0.440 e. The largest absolute Gasteiger partial charge is 0.440 e. The van der Waals surface area contributed by atoms with Crippen molar-refractivity contribution in [1.82, 2.24) is 10.3 Å². The SMILES string of the molecule is CCNC(CSc1nc(C)co1)c1ccc(C)cc1C. The van der Waals surface area contributed by atoms with Crippen LogP contribution in [0.1, 0.15) is 35.3 Å². The highest BCUT2D eigenvalue weighted by Gasteiger charge is 2.14. The van der Waals surface area contributed by atoms with E-state index in [1.807, 2.05) is 6.92 Å². The molecule has 0 bridgehead atoms. The fourth-order valence-corrected chi connectivity index (χ4v) is 3.21. The third-order valence-corrected chi connectivity index (χ3v) is 4.16. The van der Waals surface area contributed by atoms with Crippen LogP contribution in [-0.2, 0) is 0 Å². The van der Waals surface area contributed by atoms with Gasteiger partial charge in [0, 0.05) is 11.8 Å². The van der Waals surface area contributed by atoms with Crippen molar-refractivity contribution in [2.45, 2.75) is 39.0 Å². The molecule has 0 radical (unpaired) electrons. The van der Waals surface area contributed by atoms with E-state index in [2.05, 4.69) is 49.3 Å². The molecule has 0 aliphatic carbocycles. The van der Waals surface area contributed by atoms with E-state index < -0.39 is 0 Å². The quantitative estimate of drug-likeness (QED) is 0.815. The third-order valence-electron chi connectivity index (χ3n) is 3.22. The fraction of sp³-hybridized carbons (Fsp3) is 0.438. The second-order valence-electron chi connectivity index (χ2n) is 5.04. The maximum atomic E-state index is 5.40. The van der Waals surface area contributed by atoms with Gasteiger partial charge in [-0.15, -0.1) is 0 Å². The first-order chi connectivity index (χ1) is 9.60. The van der Waals surface area contributed by atoms with E-state index in [4.69, 9.17) is 4.42 Å². The maximum Gasteiger partial charge on any atom is 0.255 e. The fourth-order valence-electron chi connectivity index (χ4n) is 2.27. The van der Waals surface area contributed by atoms with Gasteiger partial charge in [0.2, 0.25) is 0 Å². The van der Waals surface area contributed by atoms with Gasteiger partial charge in [-0.1, -0.05) is 42.4 Å². The van der Waals surface area contributed by atoms with Crippen LogP contribution in [0.3, 0.4) is 0 Å². The third kappa shape index (κ3) is 3.87. The number of hydrogen-bond acceptors (Lipinski definition) is 4. The van der Waals surface area contributed by atoms with Gasteiger partial charge in [0.1, 0.15) is 6.26 Å². The van der Waals surface area contributed by atoms with Crippen molar-refractivity contribution in [3.05, 3.63) is 46.8 Å². The Labute approximate surface area is 125 Å². The van der Waals surface area contributed by atoms with Crippen LogP contribution in [0.15, 0.2) is 34.1 Å². The number of oxazole rings is 1. The zero-order valence-corrected chi connectivity index (χ0v) is 13.4. The summed E-state index contributed by atoms with van der Waals surface area (Å²) < 4.78 is 5.40. The van der Waals surface area contributed by atoms with Gasteiger partial charge in [-0.25, -0.2) is 4.98 Å². The highest BCUT2D eigenvalue weighted by molar-refractivity contribution is 7.99. The number of benzene rings is 1. The second kappa shape index (κ2) is 6.95. The lowest BCUT2D eigenvalue weighted by Crippen LogP contribution is -2.23. The van der Waals surface area contributed by atoms with Crippen LogP contribution in [0.2, 0.25) is 0 Å². The van der Waals surface area contributed by atoms with Crippen molar-refractivity contribution >= 4 is 11.8 Å². The molecule has 0 amide bonds. The van der Waals surface area contributed by atoms with Crippen LogP contribution >= 0.6 is 11.8 Å². The summed E-state index contributed by atoms with van der Waals surface area (Å²) in [5.74, 6) is 0.914. The Morgan fingerprint density at radius 2 is 2.10 bits per heavy atom. The van der Waals surface area contributed by atoms with Gasteiger partial charge < -0.3 is 9.73 Å². The Morgan fingerprint density at radius 1 is 1.30 bits per heavy atom. The molecule has 1 aromatic carbocycles. The Bertz CT molecular complexity index is 565. The lowest BCUT2D eigenvalue weighted by Gasteiger charge is -2.19. The van der Waals surface area contributed by atoms with Crippen LogP contribution in [0.5, 0.6) is 0 Å². The molecule has 0 fully saturated rings. The molecule has 1 aromatic heterocycles. The van der Waals surface area contributed by atoms with Crippen molar-refractivity contribution in [2.24, 2.45) is 0 Å².